The zero-order valence-corrected chi connectivity index (χ0v) is 23.5. The van der Waals surface area contributed by atoms with Gasteiger partial charge in [-0.15, -0.1) is 11.3 Å². The topological polar surface area (TPSA) is 123 Å². The maximum Gasteiger partial charge on any atom is 0.343 e. The molecular formula is C30H31N3O6S. The fraction of sp³-hybridized carbons (Fsp3) is 0.300. The van der Waals surface area contributed by atoms with E-state index in [0.29, 0.717) is 33.2 Å². The van der Waals surface area contributed by atoms with E-state index in [2.05, 4.69) is 15.8 Å². The highest BCUT2D eigenvalue weighted by Gasteiger charge is 2.28. The number of rotatable bonds is 7. The molecule has 1 aromatic heterocycles. The van der Waals surface area contributed by atoms with Gasteiger partial charge in [-0.05, 0) is 93.5 Å². The first-order chi connectivity index (χ1) is 19.3. The minimum absolute atomic E-state index is 0.210. The summed E-state index contributed by atoms with van der Waals surface area (Å²) in [6.45, 7) is 5.44. The van der Waals surface area contributed by atoms with Crippen LogP contribution in [0.1, 0.15) is 75.4 Å². The van der Waals surface area contributed by atoms with Crippen molar-refractivity contribution >= 4 is 45.8 Å². The first-order valence-electron chi connectivity index (χ1n) is 13.1. The third kappa shape index (κ3) is 6.81. The molecule has 0 saturated carbocycles. The highest BCUT2D eigenvalue weighted by atomic mass is 32.1. The fourth-order valence-corrected chi connectivity index (χ4v) is 5.66. The Morgan fingerprint density at radius 1 is 0.925 bits per heavy atom. The number of ether oxygens (including phenoxy) is 2. The molecule has 1 heterocycles. The molecule has 3 aromatic rings. The number of fused-ring (bicyclic) bond motifs is 1. The molecule has 40 heavy (non-hydrogen) atoms. The first kappa shape index (κ1) is 28.7. The molecule has 2 amide bonds. The second-order valence-electron chi connectivity index (χ2n) is 9.31. The molecule has 9 nitrogen and oxygen atoms in total. The largest absolute Gasteiger partial charge is 0.462 e. The number of benzene rings is 2. The molecule has 4 rings (SSSR count). The Bertz CT molecular complexity index is 1460. The third-order valence-corrected chi connectivity index (χ3v) is 7.71. The summed E-state index contributed by atoms with van der Waals surface area (Å²) in [5.41, 5.74) is 5.90. The Morgan fingerprint density at radius 2 is 1.65 bits per heavy atom. The molecule has 0 aliphatic heterocycles. The molecule has 10 heteroatoms. The van der Waals surface area contributed by atoms with Crippen LogP contribution in [-0.4, -0.2) is 36.1 Å². The van der Waals surface area contributed by atoms with Gasteiger partial charge in [0.2, 0.25) is 0 Å². The second kappa shape index (κ2) is 13.2. The van der Waals surface area contributed by atoms with Gasteiger partial charge in [-0.2, -0.15) is 5.10 Å². The van der Waals surface area contributed by atoms with E-state index in [1.807, 2.05) is 19.1 Å². The molecule has 1 aliphatic carbocycles. The molecule has 0 spiro atoms. The summed E-state index contributed by atoms with van der Waals surface area (Å²) in [4.78, 5) is 51.4. The summed E-state index contributed by atoms with van der Waals surface area (Å²) in [6, 6.07) is 13.8. The number of nitrogens with zero attached hydrogens (tertiary/aromatic N) is 1. The Labute approximate surface area is 236 Å². The van der Waals surface area contributed by atoms with Crippen LogP contribution in [0.5, 0.6) is 5.75 Å². The number of hydrazone groups is 1. The predicted octanol–water partition coefficient (Wildman–Crippen LogP) is 5.20. The molecule has 0 unspecified atom stereocenters. The van der Waals surface area contributed by atoms with E-state index in [-0.39, 0.29) is 6.61 Å². The minimum Gasteiger partial charge on any atom is -0.462 e. The van der Waals surface area contributed by atoms with Crippen molar-refractivity contribution in [1.82, 2.24) is 5.43 Å². The SMILES string of the molecule is CCOC(=O)c1c(NC(=O)C(=O)N/N=C(\C)c2ccc(OC(=O)c3ccccc3C)cc2)sc2c1CCCCC2. The molecule has 1 aliphatic rings. The van der Waals surface area contributed by atoms with Crippen molar-refractivity contribution in [2.45, 2.75) is 52.9 Å². The summed E-state index contributed by atoms with van der Waals surface area (Å²) in [6.07, 6.45) is 4.59. The van der Waals surface area contributed by atoms with Gasteiger partial charge in [-0.25, -0.2) is 15.0 Å². The number of hydrogen-bond acceptors (Lipinski definition) is 8. The monoisotopic (exact) mass is 561 g/mol. The normalized spacial score (nSPS) is 13.0. The van der Waals surface area contributed by atoms with Gasteiger partial charge in [0, 0.05) is 4.88 Å². The van der Waals surface area contributed by atoms with Gasteiger partial charge in [0.15, 0.2) is 0 Å². The van der Waals surface area contributed by atoms with Crippen molar-refractivity contribution in [2.24, 2.45) is 5.10 Å². The van der Waals surface area contributed by atoms with Gasteiger partial charge in [0.05, 0.1) is 23.4 Å². The van der Waals surface area contributed by atoms with Crippen LogP contribution in [0.2, 0.25) is 0 Å². The van der Waals surface area contributed by atoms with E-state index in [9.17, 15) is 19.2 Å². The van der Waals surface area contributed by atoms with Crippen LogP contribution >= 0.6 is 11.3 Å². The third-order valence-electron chi connectivity index (χ3n) is 6.51. The van der Waals surface area contributed by atoms with Crippen LogP contribution in [0.3, 0.4) is 0 Å². The molecule has 2 N–H and O–H groups in total. The van der Waals surface area contributed by atoms with E-state index in [0.717, 1.165) is 48.1 Å². The number of carbonyl (C=O) groups excluding carboxylic acids is 4. The van der Waals surface area contributed by atoms with E-state index in [4.69, 9.17) is 9.47 Å². The van der Waals surface area contributed by atoms with Crippen molar-refractivity contribution in [3.05, 3.63) is 81.2 Å². The van der Waals surface area contributed by atoms with Crippen molar-refractivity contribution < 1.29 is 28.7 Å². The molecular weight excluding hydrogens is 530 g/mol. The number of carbonyl (C=O) groups is 4. The molecule has 0 fully saturated rings. The van der Waals surface area contributed by atoms with Gasteiger partial charge >= 0.3 is 23.8 Å². The Hall–Kier alpha value is -4.31. The number of anilines is 1. The van der Waals surface area contributed by atoms with E-state index in [1.54, 1.807) is 50.2 Å². The average molecular weight is 562 g/mol. The minimum atomic E-state index is -0.971. The van der Waals surface area contributed by atoms with Crippen LogP contribution in [-0.2, 0) is 27.2 Å². The predicted molar refractivity (Wildman–Crippen MR) is 153 cm³/mol. The first-order valence-corrected chi connectivity index (χ1v) is 14.0. The van der Waals surface area contributed by atoms with Gasteiger partial charge < -0.3 is 14.8 Å². The number of thiophene rings is 1. The summed E-state index contributed by atoms with van der Waals surface area (Å²) in [5, 5.41) is 6.94. The Balaban J connectivity index is 1.39. The lowest BCUT2D eigenvalue weighted by Gasteiger charge is -2.08. The van der Waals surface area contributed by atoms with Gasteiger partial charge in [0.1, 0.15) is 10.8 Å². The maximum atomic E-state index is 12.7. The van der Waals surface area contributed by atoms with Crippen LogP contribution in [0.15, 0.2) is 53.6 Å². The summed E-state index contributed by atoms with van der Waals surface area (Å²) in [5.74, 6) is -2.50. The molecule has 0 radical (unpaired) electrons. The maximum absolute atomic E-state index is 12.7. The Kier molecular flexibility index (Phi) is 9.44. The lowest BCUT2D eigenvalue weighted by atomic mass is 10.1. The number of nitrogens with one attached hydrogen (secondary N) is 2. The van der Waals surface area contributed by atoms with Crippen LogP contribution in [0, 0.1) is 6.92 Å². The molecule has 0 bridgehead atoms. The van der Waals surface area contributed by atoms with E-state index >= 15 is 0 Å². The second-order valence-corrected chi connectivity index (χ2v) is 10.4. The molecule has 2 aromatic carbocycles. The molecule has 0 saturated heterocycles. The van der Waals surface area contributed by atoms with Gasteiger partial charge in [-0.3, -0.25) is 9.59 Å². The fourth-order valence-electron chi connectivity index (χ4n) is 4.39. The van der Waals surface area contributed by atoms with Crippen molar-refractivity contribution in [3.63, 3.8) is 0 Å². The lowest BCUT2D eigenvalue weighted by molar-refractivity contribution is -0.136. The highest BCUT2D eigenvalue weighted by Crippen LogP contribution is 2.38. The van der Waals surface area contributed by atoms with Crippen LogP contribution < -0.4 is 15.5 Å². The van der Waals surface area contributed by atoms with Crippen LogP contribution in [0.4, 0.5) is 5.00 Å². The smallest absolute Gasteiger partial charge is 0.343 e. The number of amides is 2. The van der Waals surface area contributed by atoms with E-state index in [1.165, 1.54) is 11.3 Å². The summed E-state index contributed by atoms with van der Waals surface area (Å²) >= 11 is 1.32. The Morgan fingerprint density at radius 3 is 2.38 bits per heavy atom. The van der Waals surface area contributed by atoms with Gasteiger partial charge in [0.25, 0.3) is 0 Å². The standard InChI is InChI=1S/C30H31N3O6S/c1-4-38-30(37)25-23-12-6-5-7-13-24(23)40-28(25)31-26(34)27(35)33-32-19(3)20-14-16-21(17-15-20)39-29(36)22-11-9-8-10-18(22)2/h8-11,14-17H,4-7,12-13H2,1-3H3,(H,31,34)(H,33,35)/b32-19+. The summed E-state index contributed by atoms with van der Waals surface area (Å²) in [7, 11) is 0. The zero-order chi connectivity index (χ0) is 28.6. The molecule has 0 atom stereocenters. The van der Waals surface area contributed by atoms with E-state index < -0.39 is 23.8 Å². The number of esters is 2. The lowest BCUT2D eigenvalue weighted by Crippen LogP contribution is -2.33. The summed E-state index contributed by atoms with van der Waals surface area (Å²) < 4.78 is 10.7. The highest BCUT2D eigenvalue weighted by molar-refractivity contribution is 7.17. The van der Waals surface area contributed by atoms with Crippen LogP contribution in [0.25, 0.3) is 0 Å². The van der Waals surface area contributed by atoms with Crippen molar-refractivity contribution in [1.29, 1.82) is 0 Å². The van der Waals surface area contributed by atoms with Gasteiger partial charge in [-0.1, -0.05) is 24.6 Å². The molecule has 208 valence electrons. The quantitative estimate of drug-likeness (QED) is 0.102. The van der Waals surface area contributed by atoms with Crippen molar-refractivity contribution in [3.8, 4) is 5.75 Å². The zero-order valence-electron chi connectivity index (χ0n) is 22.7. The number of hydrogen-bond donors (Lipinski definition) is 2. The number of aryl methyl sites for hydroxylation is 2. The average Bonchev–Trinajstić information content (AvgIpc) is 3.12. The van der Waals surface area contributed by atoms with Crippen molar-refractivity contribution in [2.75, 3.05) is 11.9 Å².